The molecule has 0 saturated heterocycles. The van der Waals surface area contributed by atoms with Gasteiger partial charge in [-0.1, -0.05) is 37.0 Å². The molecule has 2 aromatic rings. The Kier molecular flexibility index (Phi) is 7.50. The van der Waals surface area contributed by atoms with Crippen LogP contribution in [0.15, 0.2) is 36.4 Å². The van der Waals surface area contributed by atoms with E-state index in [1.165, 1.54) is 6.07 Å². The molecule has 0 atom stereocenters. The van der Waals surface area contributed by atoms with E-state index in [0.29, 0.717) is 12.3 Å². The second-order valence-corrected chi connectivity index (χ2v) is 6.11. The number of halogens is 2. The van der Waals surface area contributed by atoms with Crippen molar-refractivity contribution in [3.05, 3.63) is 52.3 Å². The van der Waals surface area contributed by atoms with Gasteiger partial charge < -0.3 is 15.0 Å². The molecule has 1 amide bonds. The lowest BCUT2D eigenvalue weighted by molar-refractivity contribution is 0.102. The predicted molar refractivity (Wildman–Crippen MR) is 102 cm³/mol. The van der Waals surface area contributed by atoms with Crippen molar-refractivity contribution in [3.8, 4) is 5.75 Å². The molecule has 0 aliphatic rings. The van der Waals surface area contributed by atoms with Gasteiger partial charge in [0.05, 0.1) is 5.02 Å². The van der Waals surface area contributed by atoms with Gasteiger partial charge in [0.2, 0.25) is 0 Å². The summed E-state index contributed by atoms with van der Waals surface area (Å²) >= 11 is 11.8. The second-order valence-electron chi connectivity index (χ2n) is 5.32. The highest BCUT2D eigenvalue weighted by Crippen LogP contribution is 2.20. The van der Waals surface area contributed by atoms with Crippen molar-refractivity contribution in [2.75, 3.05) is 31.6 Å². The Bertz CT molecular complexity index is 704. The number of nitrogens with one attached hydrogen (secondary N) is 1. The molecule has 2 rings (SSSR count). The van der Waals surface area contributed by atoms with Crippen LogP contribution in [0.1, 0.15) is 24.3 Å². The summed E-state index contributed by atoms with van der Waals surface area (Å²) in [6.45, 7) is 7.76. The molecule has 0 radical (unpaired) electrons. The standard InChI is InChI=1S/C18H21Cl2N3O2/c1-3-23(4-2)11-12-25-14-7-5-13(6-8-14)21-18(24)17-15(19)9-10-16(20)22-17/h5-10H,3-4,11-12H2,1-2H3,(H,21,24). The van der Waals surface area contributed by atoms with Crippen LogP contribution in [-0.2, 0) is 0 Å². The number of hydrogen-bond donors (Lipinski definition) is 1. The molecule has 1 aromatic carbocycles. The van der Waals surface area contributed by atoms with Crippen LogP contribution in [0.4, 0.5) is 5.69 Å². The number of anilines is 1. The molecule has 25 heavy (non-hydrogen) atoms. The summed E-state index contributed by atoms with van der Waals surface area (Å²) in [7, 11) is 0. The molecule has 0 aliphatic carbocycles. The Labute approximate surface area is 157 Å². The molecule has 0 fully saturated rings. The van der Waals surface area contributed by atoms with E-state index in [1.54, 1.807) is 18.2 Å². The molecule has 0 spiro atoms. The number of carbonyl (C=O) groups is 1. The summed E-state index contributed by atoms with van der Waals surface area (Å²) in [6.07, 6.45) is 0. The number of carbonyl (C=O) groups excluding carboxylic acids is 1. The van der Waals surface area contributed by atoms with Gasteiger partial charge in [0.1, 0.15) is 23.2 Å². The number of nitrogens with zero attached hydrogens (tertiary/aromatic N) is 2. The van der Waals surface area contributed by atoms with Crippen LogP contribution in [0.5, 0.6) is 5.75 Å². The fraction of sp³-hybridized carbons (Fsp3) is 0.333. The molecule has 1 aromatic heterocycles. The van der Waals surface area contributed by atoms with Crippen molar-refractivity contribution >= 4 is 34.8 Å². The lowest BCUT2D eigenvalue weighted by Crippen LogP contribution is -2.27. The highest BCUT2D eigenvalue weighted by atomic mass is 35.5. The van der Waals surface area contributed by atoms with E-state index >= 15 is 0 Å². The molecule has 0 bridgehead atoms. The summed E-state index contributed by atoms with van der Waals surface area (Å²) < 4.78 is 5.71. The topological polar surface area (TPSA) is 54.5 Å². The maximum Gasteiger partial charge on any atom is 0.275 e. The van der Waals surface area contributed by atoms with Crippen LogP contribution in [0.3, 0.4) is 0 Å². The quantitative estimate of drug-likeness (QED) is 0.690. The first-order chi connectivity index (χ1) is 12.0. The van der Waals surface area contributed by atoms with Crippen molar-refractivity contribution in [2.24, 2.45) is 0 Å². The van der Waals surface area contributed by atoms with E-state index in [1.807, 2.05) is 12.1 Å². The predicted octanol–water partition coefficient (Wildman–Crippen LogP) is 4.36. The summed E-state index contributed by atoms with van der Waals surface area (Å²) in [5.74, 6) is 0.340. The fourth-order valence-corrected chi connectivity index (χ4v) is 2.57. The average Bonchev–Trinajstić information content (AvgIpc) is 2.62. The Hall–Kier alpha value is -1.82. The van der Waals surface area contributed by atoms with Crippen molar-refractivity contribution < 1.29 is 9.53 Å². The Morgan fingerprint density at radius 3 is 2.44 bits per heavy atom. The maximum absolute atomic E-state index is 12.2. The molecular weight excluding hydrogens is 361 g/mol. The maximum atomic E-state index is 12.2. The number of amides is 1. The van der Waals surface area contributed by atoms with Gasteiger partial charge in [-0.15, -0.1) is 0 Å². The van der Waals surface area contributed by atoms with E-state index < -0.39 is 5.91 Å². The van der Waals surface area contributed by atoms with Crippen molar-refractivity contribution in [2.45, 2.75) is 13.8 Å². The van der Waals surface area contributed by atoms with Crippen LogP contribution >= 0.6 is 23.2 Å². The molecule has 0 saturated carbocycles. The SMILES string of the molecule is CCN(CC)CCOc1ccc(NC(=O)c2nc(Cl)ccc2Cl)cc1. The minimum Gasteiger partial charge on any atom is -0.492 e. The first-order valence-electron chi connectivity index (χ1n) is 8.12. The Morgan fingerprint density at radius 1 is 1.12 bits per heavy atom. The number of ether oxygens (including phenoxy) is 1. The first-order valence-corrected chi connectivity index (χ1v) is 8.87. The number of aromatic nitrogens is 1. The van der Waals surface area contributed by atoms with E-state index in [-0.39, 0.29) is 15.9 Å². The summed E-state index contributed by atoms with van der Waals surface area (Å²) in [6, 6.07) is 10.2. The van der Waals surface area contributed by atoms with E-state index in [0.717, 1.165) is 25.4 Å². The van der Waals surface area contributed by atoms with Gasteiger partial charge >= 0.3 is 0 Å². The highest BCUT2D eigenvalue weighted by molar-refractivity contribution is 6.35. The Balaban J connectivity index is 1.91. The number of pyridine rings is 1. The van der Waals surface area contributed by atoms with E-state index in [2.05, 4.69) is 29.0 Å². The van der Waals surface area contributed by atoms with Gasteiger partial charge in [-0.05, 0) is 49.5 Å². The molecule has 0 aliphatic heterocycles. The molecule has 134 valence electrons. The smallest absolute Gasteiger partial charge is 0.275 e. The van der Waals surface area contributed by atoms with Crippen LogP contribution in [0, 0.1) is 0 Å². The van der Waals surface area contributed by atoms with Crippen LogP contribution < -0.4 is 10.1 Å². The van der Waals surface area contributed by atoms with Gasteiger partial charge in [-0.2, -0.15) is 0 Å². The zero-order chi connectivity index (χ0) is 18.2. The van der Waals surface area contributed by atoms with Gasteiger partial charge in [0.25, 0.3) is 5.91 Å². The average molecular weight is 382 g/mol. The third-order valence-corrected chi connectivity index (χ3v) is 4.23. The van der Waals surface area contributed by atoms with Crippen LogP contribution in [0.25, 0.3) is 0 Å². The van der Waals surface area contributed by atoms with Crippen molar-refractivity contribution in [3.63, 3.8) is 0 Å². The largest absolute Gasteiger partial charge is 0.492 e. The highest BCUT2D eigenvalue weighted by Gasteiger charge is 2.13. The monoisotopic (exact) mass is 381 g/mol. The lowest BCUT2D eigenvalue weighted by atomic mass is 10.2. The molecule has 5 nitrogen and oxygen atoms in total. The van der Waals surface area contributed by atoms with Crippen LogP contribution in [0.2, 0.25) is 10.2 Å². The summed E-state index contributed by atoms with van der Waals surface area (Å²) in [5.41, 5.74) is 0.715. The lowest BCUT2D eigenvalue weighted by Gasteiger charge is -2.18. The van der Waals surface area contributed by atoms with Gasteiger partial charge in [-0.25, -0.2) is 4.98 Å². The number of likely N-dealkylation sites (N-methyl/N-ethyl adjacent to an activating group) is 1. The number of hydrogen-bond acceptors (Lipinski definition) is 4. The second kappa shape index (κ2) is 9.61. The van der Waals surface area contributed by atoms with Crippen LogP contribution in [-0.4, -0.2) is 42.0 Å². The first kappa shape index (κ1) is 19.5. The minimum absolute atomic E-state index is 0.0914. The Morgan fingerprint density at radius 2 is 1.80 bits per heavy atom. The molecule has 1 heterocycles. The third kappa shape index (κ3) is 5.88. The number of rotatable bonds is 8. The summed E-state index contributed by atoms with van der Waals surface area (Å²) in [5, 5.41) is 3.20. The van der Waals surface area contributed by atoms with Gasteiger partial charge in [-0.3, -0.25) is 4.79 Å². The minimum atomic E-state index is -0.414. The molecular formula is C18H21Cl2N3O2. The molecule has 7 heteroatoms. The molecule has 1 N–H and O–H groups in total. The fourth-order valence-electron chi connectivity index (χ4n) is 2.23. The van der Waals surface area contributed by atoms with Gasteiger partial charge in [0, 0.05) is 12.2 Å². The molecule has 0 unspecified atom stereocenters. The summed E-state index contributed by atoms with van der Waals surface area (Å²) in [4.78, 5) is 18.5. The van der Waals surface area contributed by atoms with E-state index in [4.69, 9.17) is 27.9 Å². The van der Waals surface area contributed by atoms with Crippen molar-refractivity contribution in [1.82, 2.24) is 9.88 Å². The zero-order valence-electron chi connectivity index (χ0n) is 14.3. The van der Waals surface area contributed by atoms with Crippen molar-refractivity contribution in [1.29, 1.82) is 0 Å². The van der Waals surface area contributed by atoms with Gasteiger partial charge in [0.15, 0.2) is 0 Å². The zero-order valence-corrected chi connectivity index (χ0v) is 15.8. The normalized spacial score (nSPS) is 10.8. The third-order valence-electron chi connectivity index (χ3n) is 3.71. The number of benzene rings is 1. The van der Waals surface area contributed by atoms with E-state index in [9.17, 15) is 4.79 Å².